The molecular weight excluding hydrogens is 924 g/mol. The summed E-state index contributed by atoms with van der Waals surface area (Å²) in [6, 6.07) is 9.42. The van der Waals surface area contributed by atoms with Crippen molar-refractivity contribution in [2.45, 2.75) is 71.8 Å². The molecule has 15 nitrogen and oxygen atoms in total. The number of rotatable bonds is 13. The number of hydrogen-bond acceptors (Lipinski definition) is 11. The smallest absolute Gasteiger partial charge is 0.505 e. The molecule has 0 saturated heterocycles. The van der Waals surface area contributed by atoms with Crippen molar-refractivity contribution in [1.29, 1.82) is 0 Å². The van der Waals surface area contributed by atoms with Gasteiger partial charge in [-0.25, -0.2) is 13.6 Å². The molecule has 4 N–H and O–H groups in total. The van der Waals surface area contributed by atoms with Crippen LogP contribution < -0.4 is 20.1 Å². The molecule has 2 heterocycles. The van der Waals surface area contributed by atoms with E-state index in [-0.39, 0.29) is 55.4 Å². The molecule has 0 bridgehead atoms. The maximum Gasteiger partial charge on any atom is 0.573 e. The van der Waals surface area contributed by atoms with E-state index in [0.29, 0.717) is 0 Å². The Balaban J connectivity index is 1.09. The van der Waals surface area contributed by atoms with Gasteiger partial charge in [0.25, 0.3) is 11.8 Å². The summed E-state index contributed by atoms with van der Waals surface area (Å²) < 4.78 is 121. The summed E-state index contributed by atoms with van der Waals surface area (Å²) in [6.07, 6.45) is -11.9. The number of hydrogen-bond donors (Lipinski definition) is 4. The van der Waals surface area contributed by atoms with Gasteiger partial charge in [-0.05, 0) is 112 Å². The quantitative estimate of drug-likeness (QED) is 0.0513. The van der Waals surface area contributed by atoms with Crippen molar-refractivity contribution in [3.8, 4) is 23.0 Å². The van der Waals surface area contributed by atoms with E-state index in [1.54, 1.807) is 0 Å². The lowest BCUT2D eigenvalue weighted by Gasteiger charge is -2.15. The Kier molecular flexibility index (Phi) is 13.9. The van der Waals surface area contributed by atoms with Crippen molar-refractivity contribution in [2.75, 3.05) is 0 Å². The molecule has 0 aliphatic heterocycles. The van der Waals surface area contributed by atoms with Gasteiger partial charge in [0.05, 0.1) is 30.3 Å². The van der Waals surface area contributed by atoms with Crippen LogP contribution in [0.2, 0.25) is 0 Å². The molecule has 68 heavy (non-hydrogen) atoms. The van der Waals surface area contributed by atoms with Gasteiger partial charge in [-0.1, -0.05) is 0 Å². The number of nitrogens with zero attached hydrogens (tertiary/aromatic N) is 2. The van der Waals surface area contributed by atoms with E-state index in [2.05, 4.69) is 20.1 Å². The molecule has 2 aromatic heterocycles. The number of ether oxygens (including phenoxy) is 3. The first-order valence-corrected chi connectivity index (χ1v) is 19.9. The molecule has 0 aliphatic rings. The third-order valence-corrected chi connectivity index (χ3v) is 10.4. The van der Waals surface area contributed by atoms with Crippen LogP contribution in [0.15, 0.2) is 72.8 Å². The zero-order valence-electron chi connectivity index (χ0n) is 35.7. The zero-order valence-corrected chi connectivity index (χ0v) is 35.7. The summed E-state index contributed by atoms with van der Waals surface area (Å²) in [5.74, 6) is -11.1. The number of amides is 2. The van der Waals surface area contributed by atoms with E-state index in [9.17, 15) is 65.3 Å². The number of nitrogens with one attached hydrogen (secondary N) is 2. The van der Waals surface area contributed by atoms with Gasteiger partial charge in [0, 0.05) is 39.3 Å². The van der Waals surface area contributed by atoms with Gasteiger partial charge < -0.3 is 35.1 Å². The monoisotopic (exact) mass is 960 g/mol. The second-order valence-corrected chi connectivity index (χ2v) is 15.2. The zero-order chi connectivity index (χ0) is 50.2. The van der Waals surface area contributed by atoms with Crippen molar-refractivity contribution in [2.24, 2.45) is 0 Å². The molecular formula is C45H36F8N4O11. The van der Waals surface area contributed by atoms with Crippen molar-refractivity contribution in [3.63, 3.8) is 0 Å². The van der Waals surface area contributed by atoms with Crippen molar-refractivity contribution in [3.05, 3.63) is 118 Å². The Bertz CT molecular complexity index is 3000. The predicted molar refractivity (Wildman–Crippen MR) is 221 cm³/mol. The fourth-order valence-electron chi connectivity index (χ4n) is 7.40. The van der Waals surface area contributed by atoms with Crippen molar-refractivity contribution in [1.82, 2.24) is 19.8 Å². The number of alkyl halides is 6. The van der Waals surface area contributed by atoms with Crippen LogP contribution in [0.1, 0.15) is 63.5 Å². The van der Waals surface area contributed by atoms with Crippen LogP contribution in [0.4, 0.5) is 35.1 Å². The molecule has 0 fully saturated rings. The molecule has 4 aromatic carbocycles. The number of aromatic nitrogens is 2. The Morgan fingerprint density at radius 3 is 1.37 bits per heavy atom. The lowest BCUT2D eigenvalue weighted by atomic mass is 10.1. The SMILES string of the molecule is Cc1c(CC(=O)NC(C)CC(=O)OC(=O)C(C)NC(=O)Cc2c(C)n(C(=O)c3ccc(OC(F)(F)F)cc3)c3ccc(O)c(F)c23)c2c(F)c(O)ccc2n1C(=O)c1ccc(OC(F)(F)F)cc1. The van der Waals surface area contributed by atoms with Gasteiger partial charge in [-0.2, -0.15) is 0 Å². The topological polar surface area (TPSA) is 204 Å². The second kappa shape index (κ2) is 19.1. The fraction of sp³-hybridized carbons (Fsp3) is 0.244. The summed E-state index contributed by atoms with van der Waals surface area (Å²) >= 11 is 0. The van der Waals surface area contributed by atoms with E-state index >= 15 is 8.78 Å². The molecule has 2 unspecified atom stereocenters. The van der Waals surface area contributed by atoms with Crippen LogP contribution in [-0.4, -0.2) is 79.7 Å². The Labute approximate surface area is 377 Å². The van der Waals surface area contributed by atoms with E-state index in [1.807, 2.05) is 0 Å². The average molecular weight is 961 g/mol. The maximum atomic E-state index is 15.4. The second-order valence-electron chi connectivity index (χ2n) is 15.2. The fourth-order valence-corrected chi connectivity index (χ4v) is 7.40. The third-order valence-electron chi connectivity index (χ3n) is 10.4. The Morgan fingerprint density at radius 1 is 0.603 bits per heavy atom. The minimum Gasteiger partial charge on any atom is -0.505 e. The normalized spacial score (nSPS) is 12.6. The van der Waals surface area contributed by atoms with Crippen LogP contribution in [0.3, 0.4) is 0 Å². The van der Waals surface area contributed by atoms with E-state index in [0.717, 1.165) is 76.7 Å². The van der Waals surface area contributed by atoms with Crippen LogP contribution in [-0.2, 0) is 36.8 Å². The summed E-state index contributed by atoms with van der Waals surface area (Å²) in [5, 5.41) is 24.4. The summed E-state index contributed by atoms with van der Waals surface area (Å²) in [4.78, 5) is 79.3. The standard InChI is InChI=1S/C45H36F8N4O11/c1-20(54-34(60)18-28-22(3)56(30-13-15-32(58)39(46)37(28)30)41(63)24-5-9-26(10-6-24)67-44(48,49)50)17-36(62)66-43(65)21(2)55-35(61)19-29-23(4)57(31-14-16-33(59)40(47)38(29)31)42(64)25-7-11-27(12-8-25)68-45(51,52)53/h5-16,20-21,58-59H,17-19H2,1-4H3,(H,54,60)(H,55,61). The molecule has 0 aliphatic carbocycles. The van der Waals surface area contributed by atoms with Crippen LogP contribution >= 0.6 is 0 Å². The molecule has 23 heteroatoms. The van der Waals surface area contributed by atoms with Crippen LogP contribution in [0, 0.1) is 25.5 Å². The highest BCUT2D eigenvalue weighted by Gasteiger charge is 2.33. The van der Waals surface area contributed by atoms with Gasteiger partial charge in [0.1, 0.15) is 17.5 Å². The number of carbonyl (C=O) groups is 6. The predicted octanol–water partition coefficient (Wildman–Crippen LogP) is 7.33. The van der Waals surface area contributed by atoms with Gasteiger partial charge in [0.15, 0.2) is 23.1 Å². The molecule has 0 saturated carbocycles. The number of carbonyl (C=O) groups excluding carboxylic acids is 6. The minimum atomic E-state index is -5.00. The first kappa shape index (κ1) is 49.5. The van der Waals surface area contributed by atoms with E-state index < -0.39 is 114 Å². The van der Waals surface area contributed by atoms with Gasteiger partial charge in [0.2, 0.25) is 11.8 Å². The molecule has 0 radical (unpaired) electrons. The van der Waals surface area contributed by atoms with Crippen LogP contribution in [0.5, 0.6) is 23.0 Å². The van der Waals surface area contributed by atoms with Crippen LogP contribution in [0.25, 0.3) is 21.8 Å². The molecule has 2 atom stereocenters. The number of halogens is 8. The largest absolute Gasteiger partial charge is 0.573 e. The molecule has 6 rings (SSSR count). The molecule has 6 aromatic rings. The van der Waals surface area contributed by atoms with E-state index in [4.69, 9.17) is 4.74 Å². The highest BCUT2D eigenvalue weighted by molar-refractivity contribution is 6.07. The Morgan fingerprint density at radius 2 is 0.985 bits per heavy atom. The molecule has 358 valence electrons. The lowest BCUT2D eigenvalue weighted by molar-refractivity contribution is -0.275. The number of esters is 2. The first-order valence-electron chi connectivity index (χ1n) is 19.9. The minimum absolute atomic E-state index is 0.00784. The highest BCUT2D eigenvalue weighted by Crippen LogP contribution is 2.36. The first-order chi connectivity index (χ1) is 31.7. The lowest BCUT2D eigenvalue weighted by Crippen LogP contribution is -2.42. The van der Waals surface area contributed by atoms with Crippen molar-refractivity contribution >= 4 is 57.4 Å². The van der Waals surface area contributed by atoms with Gasteiger partial charge in [-0.3, -0.25) is 33.1 Å². The third kappa shape index (κ3) is 10.8. The molecule has 0 spiro atoms. The number of benzene rings is 4. The summed E-state index contributed by atoms with van der Waals surface area (Å²) in [7, 11) is 0. The number of phenols is 2. The summed E-state index contributed by atoms with van der Waals surface area (Å²) in [5.41, 5.74) is -0.662. The number of fused-ring (bicyclic) bond motifs is 2. The summed E-state index contributed by atoms with van der Waals surface area (Å²) in [6.45, 7) is 5.20. The number of aromatic hydroxyl groups is 2. The molecule has 2 amide bonds. The highest BCUT2D eigenvalue weighted by atomic mass is 19.4. The van der Waals surface area contributed by atoms with Gasteiger partial charge in [-0.15, -0.1) is 26.3 Å². The van der Waals surface area contributed by atoms with Crippen molar-refractivity contribution < 1.29 is 88.3 Å². The van der Waals surface area contributed by atoms with E-state index in [1.165, 1.54) is 32.9 Å². The van der Waals surface area contributed by atoms with Gasteiger partial charge >= 0.3 is 24.7 Å². The Hall–Kier alpha value is -7.98. The maximum absolute atomic E-state index is 15.4. The average Bonchev–Trinajstić information content (AvgIpc) is 3.68. The number of phenolic OH excluding ortho intramolecular Hbond substituents is 2.